The van der Waals surface area contributed by atoms with Crippen LogP contribution >= 0.6 is 11.7 Å². The van der Waals surface area contributed by atoms with Crippen LogP contribution in [0.1, 0.15) is 45.7 Å². The molecule has 0 bridgehead atoms. The molecule has 1 aromatic rings. The van der Waals surface area contributed by atoms with E-state index < -0.39 is 18.0 Å². The molecule has 0 saturated carbocycles. The lowest BCUT2D eigenvalue weighted by molar-refractivity contribution is -0.142. The SMILES string of the molecule is CCC(C(=O)O)C(C)c1nsnc1OCC(O)CNCCNC(=O)C(C)C. The molecule has 1 rings (SSSR count). The number of aliphatic carboxylic acids is 1. The molecule has 154 valence electrons. The molecule has 1 heterocycles. The number of rotatable bonds is 13. The van der Waals surface area contributed by atoms with Crippen molar-refractivity contribution < 1.29 is 24.5 Å². The van der Waals surface area contributed by atoms with Crippen molar-refractivity contribution in [2.24, 2.45) is 11.8 Å². The number of aromatic nitrogens is 2. The van der Waals surface area contributed by atoms with E-state index in [4.69, 9.17) is 4.74 Å². The fourth-order valence-corrected chi connectivity index (χ4v) is 3.07. The highest BCUT2D eigenvalue weighted by molar-refractivity contribution is 6.99. The minimum absolute atomic E-state index is 0.00916. The maximum atomic E-state index is 11.4. The Morgan fingerprint density at radius 2 is 1.93 bits per heavy atom. The second-order valence-corrected chi connectivity index (χ2v) is 7.24. The van der Waals surface area contributed by atoms with Crippen molar-refractivity contribution in [2.45, 2.75) is 46.1 Å². The maximum absolute atomic E-state index is 11.4. The molecule has 0 aliphatic heterocycles. The largest absolute Gasteiger partial charge is 0.481 e. The highest BCUT2D eigenvalue weighted by atomic mass is 32.1. The third-order valence-electron chi connectivity index (χ3n) is 4.19. The summed E-state index contributed by atoms with van der Waals surface area (Å²) >= 11 is 0.960. The van der Waals surface area contributed by atoms with Crippen LogP contribution in [0.2, 0.25) is 0 Å². The third-order valence-corrected chi connectivity index (χ3v) is 4.72. The van der Waals surface area contributed by atoms with Gasteiger partial charge >= 0.3 is 5.97 Å². The molecule has 0 aliphatic rings. The monoisotopic (exact) mass is 402 g/mol. The quantitative estimate of drug-likeness (QED) is 0.357. The van der Waals surface area contributed by atoms with Crippen molar-refractivity contribution in [3.8, 4) is 5.88 Å². The van der Waals surface area contributed by atoms with E-state index in [9.17, 15) is 19.8 Å². The second-order valence-electron chi connectivity index (χ2n) is 6.71. The molecule has 0 fully saturated rings. The van der Waals surface area contributed by atoms with Gasteiger partial charge in [0.05, 0.1) is 17.6 Å². The maximum Gasteiger partial charge on any atom is 0.307 e. The second kappa shape index (κ2) is 11.8. The van der Waals surface area contributed by atoms with Crippen molar-refractivity contribution in [1.82, 2.24) is 19.4 Å². The molecule has 1 amide bonds. The zero-order valence-electron chi connectivity index (χ0n) is 16.3. The van der Waals surface area contributed by atoms with E-state index in [1.807, 2.05) is 20.8 Å². The number of carboxylic acid groups (broad SMARTS) is 1. The standard InChI is InChI=1S/C17H30N4O5S/c1-5-13(17(24)25)11(4)14-16(21-27-20-14)26-9-12(22)8-18-6-7-19-15(23)10(2)3/h10-13,18,22H,5-9H2,1-4H3,(H,19,23)(H,24,25). The van der Waals surface area contributed by atoms with Gasteiger partial charge in [-0.05, 0) is 6.42 Å². The molecule has 0 saturated heterocycles. The number of amides is 1. The summed E-state index contributed by atoms with van der Waals surface area (Å²) in [5.74, 6) is -1.57. The number of nitrogens with zero attached hydrogens (tertiary/aromatic N) is 2. The van der Waals surface area contributed by atoms with Crippen LogP contribution in [0.4, 0.5) is 0 Å². The predicted molar refractivity (Wildman–Crippen MR) is 102 cm³/mol. The number of carboxylic acids is 1. The van der Waals surface area contributed by atoms with E-state index in [0.29, 0.717) is 31.7 Å². The van der Waals surface area contributed by atoms with Gasteiger partial charge in [-0.3, -0.25) is 9.59 Å². The molecule has 0 aliphatic carbocycles. The summed E-state index contributed by atoms with van der Waals surface area (Å²) in [5.41, 5.74) is 0.505. The topological polar surface area (TPSA) is 134 Å². The van der Waals surface area contributed by atoms with Crippen LogP contribution < -0.4 is 15.4 Å². The normalized spacial score (nSPS) is 14.6. The Labute approximate surface area is 163 Å². The van der Waals surface area contributed by atoms with E-state index >= 15 is 0 Å². The summed E-state index contributed by atoms with van der Waals surface area (Å²) in [4.78, 5) is 22.8. The van der Waals surface area contributed by atoms with E-state index in [2.05, 4.69) is 19.4 Å². The molecule has 3 unspecified atom stereocenters. The van der Waals surface area contributed by atoms with Crippen molar-refractivity contribution in [2.75, 3.05) is 26.2 Å². The third kappa shape index (κ3) is 7.77. The van der Waals surface area contributed by atoms with Gasteiger partial charge in [0.2, 0.25) is 11.8 Å². The van der Waals surface area contributed by atoms with Gasteiger partial charge in [-0.1, -0.05) is 27.7 Å². The van der Waals surface area contributed by atoms with Crippen LogP contribution in [-0.2, 0) is 9.59 Å². The molecule has 3 atom stereocenters. The first-order valence-corrected chi connectivity index (χ1v) is 9.85. The summed E-state index contributed by atoms with van der Waals surface area (Å²) in [5, 5.41) is 25.1. The van der Waals surface area contributed by atoms with Gasteiger partial charge in [-0.2, -0.15) is 4.37 Å². The van der Waals surface area contributed by atoms with Crippen LogP contribution in [0.25, 0.3) is 0 Å². The zero-order chi connectivity index (χ0) is 20.4. The molecule has 27 heavy (non-hydrogen) atoms. The van der Waals surface area contributed by atoms with Crippen molar-refractivity contribution >= 4 is 23.6 Å². The van der Waals surface area contributed by atoms with Gasteiger partial charge in [0, 0.05) is 31.5 Å². The highest BCUT2D eigenvalue weighted by Crippen LogP contribution is 2.32. The van der Waals surface area contributed by atoms with Gasteiger partial charge < -0.3 is 25.6 Å². The first-order valence-electron chi connectivity index (χ1n) is 9.12. The summed E-state index contributed by atoms with van der Waals surface area (Å²) < 4.78 is 13.8. The van der Waals surface area contributed by atoms with Crippen molar-refractivity contribution in [3.63, 3.8) is 0 Å². The molecular formula is C17H30N4O5S. The lowest BCUT2D eigenvalue weighted by atomic mass is 9.89. The Hall–Kier alpha value is -1.78. The molecule has 0 aromatic carbocycles. The number of aliphatic hydroxyl groups is 1. The average molecular weight is 403 g/mol. The summed E-state index contributed by atoms with van der Waals surface area (Å²) in [7, 11) is 0. The van der Waals surface area contributed by atoms with Crippen LogP contribution in [-0.4, -0.2) is 63.2 Å². The summed E-state index contributed by atoms with van der Waals surface area (Å²) in [6.45, 7) is 8.58. The average Bonchev–Trinajstić information content (AvgIpc) is 3.08. The Morgan fingerprint density at radius 1 is 1.22 bits per heavy atom. The van der Waals surface area contributed by atoms with Crippen LogP contribution in [0, 0.1) is 11.8 Å². The van der Waals surface area contributed by atoms with E-state index in [1.54, 1.807) is 6.92 Å². The zero-order valence-corrected chi connectivity index (χ0v) is 17.1. The minimum atomic E-state index is -0.877. The van der Waals surface area contributed by atoms with Gasteiger partial charge in [-0.15, -0.1) is 4.37 Å². The van der Waals surface area contributed by atoms with Crippen LogP contribution in [0.5, 0.6) is 5.88 Å². The van der Waals surface area contributed by atoms with Gasteiger partial charge in [0.1, 0.15) is 18.4 Å². The lowest BCUT2D eigenvalue weighted by Gasteiger charge is -2.18. The number of carbonyl (C=O) groups excluding carboxylic acids is 1. The molecule has 1 aromatic heterocycles. The molecule has 4 N–H and O–H groups in total. The lowest BCUT2D eigenvalue weighted by Crippen LogP contribution is -2.38. The minimum Gasteiger partial charge on any atom is -0.481 e. The fourth-order valence-electron chi connectivity index (χ4n) is 2.48. The number of nitrogens with one attached hydrogen (secondary N) is 2. The molecule has 0 radical (unpaired) electrons. The van der Waals surface area contributed by atoms with Crippen LogP contribution in [0.3, 0.4) is 0 Å². The Bertz CT molecular complexity index is 596. The van der Waals surface area contributed by atoms with E-state index in [1.165, 1.54) is 0 Å². The smallest absolute Gasteiger partial charge is 0.307 e. The van der Waals surface area contributed by atoms with Gasteiger partial charge in [-0.25, -0.2) is 0 Å². The molecule has 9 nitrogen and oxygen atoms in total. The Kier molecular flexibility index (Phi) is 10.2. The molecular weight excluding hydrogens is 372 g/mol. The van der Waals surface area contributed by atoms with Crippen molar-refractivity contribution in [1.29, 1.82) is 0 Å². The molecule has 10 heteroatoms. The van der Waals surface area contributed by atoms with E-state index in [0.717, 1.165) is 11.7 Å². The van der Waals surface area contributed by atoms with E-state index in [-0.39, 0.29) is 30.2 Å². The van der Waals surface area contributed by atoms with Crippen molar-refractivity contribution in [3.05, 3.63) is 5.69 Å². The van der Waals surface area contributed by atoms with Gasteiger partial charge in [0.15, 0.2) is 0 Å². The number of carbonyl (C=O) groups is 2. The predicted octanol–water partition coefficient (Wildman–Crippen LogP) is 0.854. The first-order chi connectivity index (χ1) is 12.8. The Balaban J connectivity index is 2.38. The molecule has 0 spiro atoms. The highest BCUT2D eigenvalue weighted by Gasteiger charge is 2.29. The number of ether oxygens (including phenoxy) is 1. The van der Waals surface area contributed by atoms with Crippen LogP contribution in [0.15, 0.2) is 0 Å². The summed E-state index contributed by atoms with van der Waals surface area (Å²) in [6.07, 6.45) is -0.287. The number of hydrogen-bond acceptors (Lipinski definition) is 8. The van der Waals surface area contributed by atoms with Gasteiger partial charge in [0.25, 0.3) is 0 Å². The Morgan fingerprint density at radius 3 is 2.52 bits per heavy atom. The fraction of sp³-hybridized carbons (Fsp3) is 0.765. The number of aliphatic hydroxyl groups excluding tert-OH is 1. The number of hydrogen-bond donors (Lipinski definition) is 4. The summed E-state index contributed by atoms with van der Waals surface area (Å²) in [6, 6.07) is 0. The first kappa shape index (κ1) is 23.3.